The van der Waals surface area contributed by atoms with Crippen molar-refractivity contribution >= 4 is 23.3 Å². The van der Waals surface area contributed by atoms with Crippen LogP contribution in [0, 0.1) is 12.7 Å². The van der Waals surface area contributed by atoms with Crippen LogP contribution < -0.4 is 10.6 Å². The fourth-order valence-corrected chi connectivity index (χ4v) is 2.90. The highest BCUT2D eigenvalue weighted by molar-refractivity contribution is 5.99. The first-order valence-corrected chi connectivity index (χ1v) is 8.24. The summed E-state index contributed by atoms with van der Waals surface area (Å²) in [5, 5.41) is 5.50. The van der Waals surface area contributed by atoms with Crippen LogP contribution >= 0.6 is 0 Å². The first kappa shape index (κ1) is 17.0. The standard InChI is InChI=1S/C19H20FN3O2/c1-13-9-10-15(12-16(13)20)21-18(24)17-8-5-11-23(17)19(25)22-14-6-3-2-4-7-14/h2-4,6-7,9-10,12,17H,5,8,11H2,1H3,(H,21,24)(H,22,25)/t17-/m1/s1. The number of benzene rings is 2. The van der Waals surface area contributed by atoms with Crippen LogP contribution in [-0.2, 0) is 4.79 Å². The summed E-state index contributed by atoms with van der Waals surface area (Å²) in [6.45, 7) is 2.17. The average Bonchev–Trinajstić information content (AvgIpc) is 3.09. The van der Waals surface area contributed by atoms with Crippen LogP contribution in [0.1, 0.15) is 18.4 Å². The van der Waals surface area contributed by atoms with Gasteiger partial charge in [-0.1, -0.05) is 24.3 Å². The molecule has 25 heavy (non-hydrogen) atoms. The number of aryl methyl sites for hydroxylation is 1. The minimum atomic E-state index is -0.562. The van der Waals surface area contributed by atoms with Crippen LogP contribution in [0.4, 0.5) is 20.6 Å². The zero-order chi connectivity index (χ0) is 17.8. The van der Waals surface area contributed by atoms with E-state index in [9.17, 15) is 14.0 Å². The highest BCUT2D eigenvalue weighted by Gasteiger charge is 2.34. The number of hydrogen-bond acceptors (Lipinski definition) is 2. The van der Waals surface area contributed by atoms with Crippen LogP contribution in [0.3, 0.4) is 0 Å². The number of likely N-dealkylation sites (tertiary alicyclic amines) is 1. The topological polar surface area (TPSA) is 61.4 Å². The molecule has 1 aliphatic rings. The van der Waals surface area contributed by atoms with E-state index in [1.54, 1.807) is 31.2 Å². The maximum atomic E-state index is 13.6. The number of nitrogens with one attached hydrogen (secondary N) is 2. The monoisotopic (exact) mass is 341 g/mol. The molecular formula is C19H20FN3O2. The van der Waals surface area contributed by atoms with Gasteiger partial charge >= 0.3 is 6.03 Å². The number of amides is 3. The Bertz CT molecular complexity index is 779. The van der Waals surface area contributed by atoms with Crippen LogP contribution in [0.25, 0.3) is 0 Å². The van der Waals surface area contributed by atoms with E-state index < -0.39 is 6.04 Å². The quantitative estimate of drug-likeness (QED) is 0.893. The van der Waals surface area contributed by atoms with E-state index in [-0.39, 0.29) is 17.8 Å². The molecule has 1 atom stereocenters. The molecule has 6 heteroatoms. The summed E-state index contributed by atoms with van der Waals surface area (Å²) in [5.41, 5.74) is 1.59. The molecule has 0 aromatic heterocycles. The lowest BCUT2D eigenvalue weighted by atomic mass is 10.2. The van der Waals surface area contributed by atoms with Crippen molar-refractivity contribution in [2.75, 3.05) is 17.2 Å². The lowest BCUT2D eigenvalue weighted by molar-refractivity contribution is -0.119. The summed E-state index contributed by atoms with van der Waals surface area (Å²) in [7, 11) is 0. The third-order valence-corrected chi connectivity index (χ3v) is 4.28. The van der Waals surface area contributed by atoms with Gasteiger partial charge in [-0.05, 0) is 49.6 Å². The number of para-hydroxylation sites is 1. The van der Waals surface area contributed by atoms with Crippen molar-refractivity contribution in [1.82, 2.24) is 4.90 Å². The van der Waals surface area contributed by atoms with Crippen molar-refractivity contribution in [1.29, 1.82) is 0 Å². The summed E-state index contributed by atoms with van der Waals surface area (Å²) in [4.78, 5) is 26.5. The maximum Gasteiger partial charge on any atom is 0.322 e. The molecule has 1 aliphatic heterocycles. The molecule has 1 saturated heterocycles. The molecule has 2 aromatic carbocycles. The number of rotatable bonds is 3. The van der Waals surface area contributed by atoms with Crippen molar-refractivity contribution in [2.24, 2.45) is 0 Å². The normalized spacial score (nSPS) is 16.6. The molecule has 0 bridgehead atoms. The number of urea groups is 1. The van der Waals surface area contributed by atoms with E-state index in [0.29, 0.717) is 29.9 Å². The molecule has 0 unspecified atom stereocenters. The largest absolute Gasteiger partial charge is 0.324 e. The first-order valence-electron chi connectivity index (χ1n) is 8.24. The zero-order valence-corrected chi connectivity index (χ0v) is 14.0. The lowest BCUT2D eigenvalue weighted by Crippen LogP contribution is -2.45. The predicted molar refractivity (Wildman–Crippen MR) is 95.0 cm³/mol. The molecule has 0 spiro atoms. The van der Waals surface area contributed by atoms with Crippen LogP contribution in [-0.4, -0.2) is 29.4 Å². The predicted octanol–water partition coefficient (Wildman–Crippen LogP) is 3.77. The third-order valence-electron chi connectivity index (χ3n) is 4.28. The van der Waals surface area contributed by atoms with Crippen molar-refractivity contribution in [3.63, 3.8) is 0 Å². The Kier molecular flexibility index (Phi) is 4.97. The van der Waals surface area contributed by atoms with Crippen molar-refractivity contribution < 1.29 is 14.0 Å². The Balaban J connectivity index is 1.66. The number of carbonyl (C=O) groups is 2. The van der Waals surface area contributed by atoms with E-state index in [4.69, 9.17) is 0 Å². The van der Waals surface area contributed by atoms with Gasteiger partial charge in [0, 0.05) is 17.9 Å². The third kappa shape index (κ3) is 3.96. The second-order valence-electron chi connectivity index (χ2n) is 6.10. The van der Waals surface area contributed by atoms with Gasteiger partial charge < -0.3 is 15.5 Å². The van der Waals surface area contributed by atoms with Gasteiger partial charge in [0.05, 0.1) is 0 Å². The van der Waals surface area contributed by atoms with Crippen LogP contribution in [0.2, 0.25) is 0 Å². The molecule has 0 aliphatic carbocycles. The van der Waals surface area contributed by atoms with Gasteiger partial charge in [0.1, 0.15) is 11.9 Å². The summed E-state index contributed by atoms with van der Waals surface area (Å²) >= 11 is 0. The zero-order valence-electron chi connectivity index (χ0n) is 14.0. The van der Waals surface area contributed by atoms with E-state index >= 15 is 0 Å². The van der Waals surface area contributed by atoms with Gasteiger partial charge in [0.25, 0.3) is 0 Å². The van der Waals surface area contributed by atoms with Gasteiger partial charge in [-0.25, -0.2) is 9.18 Å². The average molecular weight is 341 g/mol. The SMILES string of the molecule is Cc1ccc(NC(=O)[C@H]2CCCN2C(=O)Nc2ccccc2)cc1F. The van der Waals surface area contributed by atoms with Crippen LogP contribution in [0.5, 0.6) is 0 Å². The van der Waals surface area contributed by atoms with Gasteiger partial charge in [-0.15, -0.1) is 0 Å². The second-order valence-corrected chi connectivity index (χ2v) is 6.10. The molecule has 3 amide bonds. The fourth-order valence-electron chi connectivity index (χ4n) is 2.90. The number of anilines is 2. The van der Waals surface area contributed by atoms with E-state index in [1.807, 2.05) is 18.2 Å². The molecule has 0 radical (unpaired) electrons. The Morgan fingerprint density at radius 3 is 2.56 bits per heavy atom. The maximum absolute atomic E-state index is 13.6. The highest BCUT2D eigenvalue weighted by Crippen LogP contribution is 2.21. The Morgan fingerprint density at radius 1 is 1.08 bits per heavy atom. The van der Waals surface area contributed by atoms with Crippen molar-refractivity contribution in [3.8, 4) is 0 Å². The number of carbonyl (C=O) groups excluding carboxylic acids is 2. The summed E-state index contributed by atoms with van der Waals surface area (Å²) in [6.07, 6.45) is 1.34. The van der Waals surface area contributed by atoms with Crippen LogP contribution in [0.15, 0.2) is 48.5 Å². The summed E-state index contributed by atoms with van der Waals surface area (Å²) < 4.78 is 13.6. The number of nitrogens with zero attached hydrogens (tertiary/aromatic N) is 1. The molecule has 0 saturated carbocycles. The van der Waals surface area contributed by atoms with Gasteiger partial charge in [-0.2, -0.15) is 0 Å². The Labute approximate surface area is 145 Å². The van der Waals surface area contributed by atoms with E-state index in [1.165, 1.54) is 11.0 Å². The van der Waals surface area contributed by atoms with E-state index in [2.05, 4.69) is 10.6 Å². The number of hydrogen-bond donors (Lipinski definition) is 2. The lowest BCUT2D eigenvalue weighted by Gasteiger charge is -2.24. The van der Waals surface area contributed by atoms with E-state index in [0.717, 1.165) is 6.42 Å². The smallest absolute Gasteiger partial charge is 0.322 e. The highest BCUT2D eigenvalue weighted by atomic mass is 19.1. The summed E-state index contributed by atoms with van der Waals surface area (Å²) in [5.74, 6) is -0.674. The minimum absolute atomic E-state index is 0.302. The second kappa shape index (κ2) is 7.34. The van der Waals surface area contributed by atoms with Gasteiger partial charge in [-0.3, -0.25) is 4.79 Å². The van der Waals surface area contributed by atoms with Gasteiger partial charge in [0.2, 0.25) is 5.91 Å². The van der Waals surface area contributed by atoms with Crippen molar-refractivity contribution in [3.05, 3.63) is 59.9 Å². The number of halogens is 1. The Morgan fingerprint density at radius 2 is 1.84 bits per heavy atom. The molecule has 1 heterocycles. The molecule has 2 aromatic rings. The van der Waals surface area contributed by atoms with Gasteiger partial charge in [0.15, 0.2) is 0 Å². The molecule has 130 valence electrons. The fraction of sp³-hybridized carbons (Fsp3) is 0.263. The molecule has 3 rings (SSSR count). The minimum Gasteiger partial charge on any atom is -0.324 e. The Hall–Kier alpha value is -2.89. The van der Waals surface area contributed by atoms with Crippen molar-refractivity contribution in [2.45, 2.75) is 25.8 Å². The molecule has 2 N–H and O–H groups in total. The summed E-state index contributed by atoms with van der Waals surface area (Å²) in [6, 6.07) is 12.8. The molecular weight excluding hydrogens is 321 g/mol. The molecule has 5 nitrogen and oxygen atoms in total. The first-order chi connectivity index (χ1) is 12.0. The molecule has 1 fully saturated rings.